The van der Waals surface area contributed by atoms with Crippen molar-refractivity contribution in [2.75, 3.05) is 6.54 Å². The lowest BCUT2D eigenvalue weighted by Crippen LogP contribution is -2.20. The average Bonchev–Trinajstić information content (AvgIpc) is 2.38. The maximum atomic E-state index is 4.07. The smallest absolute Gasteiger partial charge is 0.0320 e. The lowest BCUT2D eigenvalue weighted by Gasteiger charge is -2.18. The molecule has 0 heterocycles. The molecule has 0 spiro atoms. The molecule has 0 aliphatic heterocycles. The van der Waals surface area contributed by atoms with Gasteiger partial charge in [0.1, 0.15) is 0 Å². The van der Waals surface area contributed by atoms with Gasteiger partial charge in [-0.1, -0.05) is 56.3 Å². The van der Waals surface area contributed by atoms with E-state index in [9.17, 15) is 0 Å². The van der Waals surface area contributed by atoms with Crippen LogP contribution in [-0.2, 0) is 0 Å². The summed E-state index contributed by atoms with van der Waals surface area (Å²) in [7, 11) is 0. The topological polar surface area (TPSA) is 12.0 Å². The van der Waals surface area contributed by atoms with E-state index in [0.29, 0.717) is 6.04 Å². The highest BCUT2D eigenvalue weighted by Gasteiger charge is 2.09. The highest BCUT2D eigenvalue weighted by Crippen LogP contribution is 2.20. The molecule has 1 atom stereocenters. The molecule has 0 amide bonds. The number of hydrogen-bond donors (Lipinski definition) is 1. The van der Waals surface area contributed by atoms with E-state index >= 15 is 0 Å². The molecule has 1 unspecified atom stereocenters. The first-order valence-corrected chi connectivity index (χ1v) is 6.72. The summed E-state index contributed by atoms with van der Waals surface area (Å²) in [4.78, 5) is 0. The predicted octanol–water partition coefficient (Wildman–Crippen LogP) is 4.47. The molecule has 0 saturated heterocycles. The molecule has 1 nitrogen and oxygen atoms in total. The van der Waals surface area contributed by atoms with Gasteiger partial charge in [-0.25, -0.2) is 0 Å². The van der Waals surface area contributed by atoms with Gasteiger partial charge in [-0.05, 0) is 37.8 Å². The summed E-state index contributed by atoms with van der Waals surface area (Å²) in [6.07, 6.45) is 4.68. The van der Waals surface area contributed by atoms with Gasteiger partial charge >= 0.3 is 0 Å². The van der Waals surface area contributed by atoms with E-state index in [-0.39, 0.29) is 0 Å². The minimum Gasteiger partial charge on any atom is -0.310 e. The molecular formula is C16H25N. The van der Waals surface area contributed by atoms with Gasteiger partial charge < -0.3 is 5.32 Å². The monoisotopic (exact) mass is 231 g/mol. The zero-order valence-electron chi connectivity index (χ0n) is 11.2. The molecule has 0 radical (unpaired) electrons. The molecule has 0 aliphatic carbocycles. The summed E-state index contributed by atoms with van der Waals surface area (Å²) in [6, 6.07) is 11.2. The van der Waals surface area contributed by atoms with Gasteiger partial charge in [0.05, 0.1) is 0 Å². The van der Waals surface area contributed by atoms with Crippen molar-refractivity contribution in [3.63, 3.8) is 0 Å². The summed E-state index contributed by atoms with van der Waals surface area (Å²) in [6.45, 7) is 9.44. The maximum Gasteiger partial charge on any atom is 0.0320 e. The van der Waals surface area contributed by atoms with Crippen LogP contribution in [0.25, 0.3) is 0 Å². The lowest BCUT2D eigenvalue weighted by molar-refractivity contribution is 0.496. The first kappa shape index (κ1) is 14.0. The Morgan fingerprint density at radius 3 is 2.53 bits per heavy atom. The Bertz CT molecular complexity index is 316. The molecule has 0 aromatic heterocycles. The van der Waals surface area contributed by atoms with Crippen molar-refractivity contribution in [2.45, 2.75) is 45.6 Å². The van der Waals surface area contributed by atoms with Crippen molar-refractivity contribution in [2.24, 2.45) is 0 Å². The zero-order valence-corrected chi connectivity index (χ0v) is 11.2. The largest absolute Gasteiger partial charge is 0.310 e. The van der Waals surface area contributed by atoms with Crippen LogP contribution < -0.4 is 5.32 Å². The Morgan fingerprint density at radius 1 is 1.24 bits per heavy atom. The highest BCUT2D eigenvalue weighted by atomic mass is 14.9. The minimum absolute atomic E-state index is 0.492. The first-order chi connectivity index (χ1) is 8.27. The lowest BCUT2D eigenvalue weighted by atomic mass is 9.99. The molecule has 0 fully saturated rings. The van der Waals surface area contributed by atoms with Crippen molar-refractivity contribution in [3.05, 3.63) is 48.0 Å². The highest BCUT2D eigenvalue weighted by molar-refractivity contribution is 5.18. The van der Waals surface area contributed by atoms with Gasteiger partial charge in [0.25, 0.3) is 0 Å². The van der Waals surface area contributed by atoms with Crippen molar-refractivity contribution >= 4 is 0 Å². The zero-order chi connectivity index (χ0) is 12.5. The number of hydrogen-bond acceptors (Lipinski definition) is 1. The van der Waals surface area contributed by atoms with Gasteiger partial charge in [0, 0.05) is 6.04 Å². The van der Waals surface area contributed by atoms with Crippen molar-refractivity contribution in [3.8, 4) is 0 Å². The fraction of sp³-hybridized carbons (Fsp3) is 0.500. The van der Waals surface area contributed by atoms with Crippen molar-refractivity contribution in [1.82, 2.24) is 5.32 Å². The van der Waals surface area contributed by atoms with Crippen LogP contribution in [0.15, 0.2) is 42.5 Å². The summed E-state index contributed by atoms with van der Waals surface area (Å²) in [5, 5.41) is 3.56. The standard InChI is InChI=1S/C16H25N/c1-4-14(3)10-9-13-16(17-5-2)15-11-7-6-8-12-15/h6-8,11-12,16-17H,3-5,9-10,13H2,1-2H3. The summed E-state index contributed by atoms with van der Waals surface area (Å²) < 4.78 is 0. The maximum absolute atomic E-state index is 4.07. The Labute approximate surface area is 106 Å². The third kappa shape index (κ3) is 5.18. The van der Waals surface area contributed by atoms with Crippen LogP contribution in [-0.4, -0.2) is 6.54 Å². The summed E-state index contributed by atoms with van der Waals surface area (Å²) >= 11 is 0. The Morgan fingerprint density at radius 2 is 1.94 bits per heavy atom. The Kier molecular flexibility index (Phi) is 6.64. The molecule has 94 valence electrons. The van der Waals surface area contributed by atoms with Crippen LogP contribution in [0.5, 0.6) is 0 Å². The second-order valence-electron chi connectivity index (χ2n) is 4.52. The van der Waals surface area contributed by atoms with Crippen LogP contribution in [0.1, 0.15) is 51.1 Å². The van der Waals surface area contributed by atoms with Crippen LogP contribution in [0, 0.1) is 0 Å². The molecule has 1 N–H and O–H groups in total. The van der Waals surface area contributed by atoms with Gasteiger partial charge in [0.15, 0.2) is 0 Å². The second kappa shape index (κ2) is 8.08. The molecule has 17 heavy (non-hydrogen) atoms. The SMILES string of the molecule is C=C(CC)CCCC(NCC)c1ccccc1. The van der Waals surface area contributed by atoms with Crippen molar-refractivity contribution < 1.29 is 0 Å². The molecule has 0 saturated carbocycles. The van der Waals surface area contributed by atoms with Gasteiger partial charge in [0.2, 0.25) is 0 Å². The number of allylic oxidation sites excluding steroid dienone is 1. The third-order valence-corrected chi connectivity index (χ3v) is 3.18. The molecule has 1 aromatic carbocycles. The summed E-state index contributed by atoms with van der Waals surface area (Å²) in [5.74, 6) is 0. The van der Waals surface area contributed by atoms with E-state index in [1.165, 1.54) is 24.0 Å². The summed E-state index contributed by atoms with van der Waals surface area (Å²) in [5.41, 5.74) is 2.77. The predicted molar refractivity (Wildman–Crippen MR) is 76.1 cm³/mol. The number of rotatable bonds is 8. The fourth-order valence-electron chi connectivity index (χ4n) is 2.05. The number of benzene rings is 1. The normalized spacial score (nSPS) is 12.4. The van der Waals surface area contributed by atoms with E-state index in [2.05, 4.69) is 56.1 Å². The molecule has 1 heteroatoms. The quantitative estimate of drug-likeness (QED) is 0.651. The van der Waals surface area contributed by atoms with Crippen molar-refractivity contribution in [1.29, 1.82) is 0 Å². The van der Waals surface area contributed by atoms with E-state index in [1.54, 1.807) is 0 Å². The number of nitrogens with one attached hydrogen (secondary N) is 1. The minimum atomic E-state index is 0.492. The van der Waals surface area contributed by atoms with Gasteiger partial charge in [-0.3, -0.25) is 0 Å². The van der Waals surface area contributed by atoms with E-state index < -0.39 is 0 Å². The first-order valence-electron chi connectivity index (χ1n) is 6.72. The molecule has 0 aliphatic rings. The molecule has 0 bridgehead atoms. The molecule has 1 aromatic rings. The second-order valence-corrected chi connectivity index (χ2v) is 4.52. The van der Waals surface area contributed by atoms with E-state index in [4.69, 9.17) is 0 Å². The Hall–Kier alpha value is -1.08. The van der Waals surface area contributed by atoms with Gasteiger partial charge in [-0.15, -0.1) is 0 Å². The average molecular weight is 231 g/mol. The molecular weight excluding hydrogens is 206 g/mol. The van der Waals surface area contributed by atoms with Crippen LogP contribution in [0.3, 0.4) is 0 Å². The molecule has 1 rings (SSSR count). The van der Waals surface area contributed by atoms with Crippen LogP contribution in [0.2, 0.25) is 0 Å². The third-order valence-electron chi connectivity index (χ3n) is 3.18. The van der Waals surface area contributed by atoms with Crippen LogP contribution >= 0.6 is 0 Å². The van der Waals surface area contributed by atoms with E-state index in [1.807, 2.05) is 0 Å². The Balaban J connectivity index is 2.47. The van der Waals surface area contributed by atoms with Gasteiger partial charge in [-0.2, -0.15) is 0 Å². The van der Waals surface area contributed by atoms with E-state index in [0.717, 1.165) is 19.4 Å². The fourth-order valence-corrected chi connectivity index (χ4v) is 2.05. The van der Waals surface area contributed by atoms with Crippen LogP contribution in [0.4, 0.5) is 0 Å².